The van der Waals surface area contributed by atoms with Crippen LogP contribution in [0.15, 0.2) is 30.7 Å². The highest BCUT2D eigenvalue weighted by atomic mass is 15.3. The second-order valence-electron chi connectivity index (χ2n) is 4.49. The Hall–Kier alpha value is -1.68. The van der Waals surface area contributed by atoms with Crippen LogP contribution in [0.2, 0.25) is 0 Å². The van der Waals surface area contributed by atoms with Gasteiger partial charge in [-0.15, -0.1) is 0 Å². The Balaban J connectivity index is 2.04. The molecule has 17 heavy (non-hydrogen) atoms. The average Bonchev–Trinajstić information content (AvgIpc) is 2.98. The van der Waals surface area contributed by atoms with E-state index in [0.717, 1.165) is 12.2 Å². The summed E-state index contributed by atoms with van der Waals surface area (Å²) in [6.45, 7) is 1.09. The van der Waals surface area contributed by atoms with Crippen molar-refractivity contribution >= 4 is 0 Å². The van der Waals surface area contributed by atoms with Gasteiger partial charge in [0.15, 0.2) is 0 Å². The zero-order valence-electron chi connectivity index (χ0n) is 9.93. The first kappa shape index (κ1) is 10.5. The highest BCUT2D eigenvalue weighted by Gasteiger charge is 2.22. The third-order valence-electron chi connectivity index (χ3n) is 3.24. The monoisotopic (exact) mass is 228 g/mol. The Morgan fingerprint density at radius 2 is 2.18 bits per heavy atom. The fraction of sp³-hybridized carbons (Fsp3) is 0.385. The van der Waals surface area contributed by atoms with Gasteiger partial charge in [-0.1, -0.05) is 0 Å². The van der Waals surface area contributed by atoms with Gasteiger partial charge in [-0.3, -0.25) is 9.67 Å². The third-order valence-corrected chi connectivity index (χ3v) is 3.24. The van der Waals surface area contributed by atoms with Crippen LogP contribution in [0.25, 0.3) is 11.1 Å². The molecule has 1 unspecified atom stereocenters. The molecule has 0 radical (unpaired) electrons. The molecule has 1 fully saturated rings. The van der Waals surface area contributed by atoms with Crippen molar-refractivity contribution in [1.29, 1.82) is 0 Å². The second-order valence-corrected chi connectivity index (χ2v) is 4.49. The van der Waals surface area contributed by atoms with Crippen molar-refractivity contribution in [2.45, 2.75) is 18.9 Å². The molecule has 1 aliphatic rings. The normalized spacial score (nSPS) is 19.7. The molecular formula is C13H16N4. The first-order valence-electron chi connectivity index (χ1n) is 6.02. The smallest absolute Gasteiger partial charge is 0.0872 e. The van der Waals surface area contributed by atoms with Gasteiger partial charge in [-0.05, 0) is 37.1 Å². The Labute approximate surface area is 101 Å². The van der Waals surface area contributed by atoms with Crippen LogP contribution in [0, 0.1) is 0 Å². The largest absolute Gasteiger partial charge is 0.309 e. The van der Waals surface area contributed by atoms with E-state index < -0.39 is 0 Å². The predicted octanol–water partition coefficient (Wildman–Crippen LogP) is 1.91. The number of nitrogens with one attached hydrogen (secondary N) is 1. The minimum Gasteiger partial charge on any atom is -0.309 e. The second kappa shape index (κ2) is 4.30. The average molecular weight is 228 g/mol. The molecule has 0 aromatic carbocycles. The van der Waals surface area contributed by atoms with E-state index in [1.165, 1.54) is 24.0 Å². The molecule has 0 saturated carbocycles. The van der Waals surface area contributed by atoms with Crippen LogP contribution in [0.5, 0.6) is 0 Å². The third kappa shape index (κ3) is 1.96. The Kier molecular flexibility index (Phi) is 2.65. The van der Waals surface area contributed by atoms with Crippen molar-refractivity contribution in [3.8, 4) is 11.1 Å². The van der Waals surface area contributed by atoms with Crippen LogP contribution in [0.3, 0.4) is 0 Å². The quantitative estimate of drug-likeness (QED) is 0.853. The van der Waals surface area contributed by atoms with Gasteiger partial charge in [-0.2, -0.15) is 5.10 Å². The molecule has 0 aliphatic carbocycles. The van der Waals surface area contributed by atoms with Gasteiger partial charge >= 0.3 is 0 Å². The number of hydrogen-bond donors (Lipinski definition) is 1. The SMILES string of the molecule is Cn1cc(-c2ccncc2)c(C2CCCN2)n1. The van der Waals surface area contributed by atoms with Crippen molar-refractivity contribution in [3.05, 3.63) is 36.4 Å². The maximum atomic E-state index is 4.60. The minimum atomic E-state index is 0.402. The fourth-order valence-corrected chi connectivity index (χ4v) is 2.43. The molecule has 4 nitrogen and oxygen atoms in total. The van der Waals surface area contributed by atoms with Gasteiger partial charge in [0.05, 0.1) is 11.7 Å². The van der Waals surface area contributed by atoms with Gasteiger partial charge in [0, 0.05) is 31.2 Å². The van der Waals surface area contributed by atoms with Crippen molar-refractivity contribution in [1.82, 2.24) is 20.1 Å². The predicted molar refractivity (Wildman–Crippen MR) is 66.4 cm³/mol. The Morgan fingerprint density at radius 1 is 1.35 bits per heavy atom. The van der Waals surface area contributed by atoms with E-state index >= 15 is 0 Å². The lowest BCUT2D eigenvalue weighted by Gasteiger charge is -2.09. The summed E-state index contributed by atoms with van der Waals surface area (Å²) in [5.41, 5.74) is 3.57. The van der Waals surface area contributed by atoms with E-state index in [1.54, 1.807) is 0 Å². The molecule has 0 spiro atoms. The molecule has 1 saturated heterocycles. The summed E-state index contributed by atoms with van der Waals surface area (Å²) in [7, 11) is 1.98. The summed E-state index contributed by atoms with van der Waals surface area (Å²) in [6, 6.07) is 4.48. The van der Waals surface area contributed by atoms with E-state index in [9.17, 15) is 0 Å². The van der Waals surface area contributed by atoms with Crippen molar-refractivity contribution in [3.63, 3.8) is 0 Å². The number of aryl methyl sites for hydroxylation is 1. The van der Waals surface area contributed by atoms with Gasteiger partial charge in [0.1, 0.15) is 0 Å². The number of aromatic nitrogens is 3. The molecule has 0 amide bonds. The van der Waals surface area contributed by atoms with E-state index in [1.807, 2.05) is 36.3 Å². The maximum Gasteiger partial charge on any atom is 0.0872 e. The lowest BCUT2D eigenvalue weighted by atomic mass is 10.0. The van der Waals surface area contributed by atoms with Crippen molar-refractivity contribution in [2.24, 2.45) is 7.05 Å². The minimum absolute atomic E-state index is 0.402. The van der Waals surface area contributed by atoms with Gasteiger partial charge in [-0.25, -0.2) is 0 Å². The fourth-order valence-electron chi connectivity index (χ4n) is 2.43. The summed E-state index contributed by atoms with van der Waals surface area (Å²) in [5, 5.41) is 8.11. The molecule has 0 bridgehead atoms. The molecule has 2 aromatic heterocycles. The lowest BCUT2D eigenvalue weighted by molar-refractivity contribution is 0.607. The van der Waals surface area contributed by atoms with Gasteiger partial charge < -0.3 is 5.32 Å². The summed E-state index contributed by atoms with van der Waals surface area (Å²) in [6.07, 6.45) is 8.15. The zero-order valence-corrected chi connectivity index (χ0v) is 9.93. The standard InChI is InChI=1S/C13H16N4/c1-17-9-11(10-4-7-14-8-5-10)13(16-17)12-3-2-6-15-12/h4-5,7-9,12,15H,2-3,6H2,1H3. The van der Waals surface area contributed by atoms with E-state index in [-0.39, 0.29) is 0 Å². The highest BCUT2D eigenvalue weighted by molar-refractivity contribution is 5.65. The van der Waals surface area contributed by atoms with Gasteiger partial charge in [0.25, 0.3) is 0 Å². The number of hydrogen-bond acceptors (Lipinski definition) is 3. The highest BCUT2D eigenvalue weighted by Crippen LogP contribution is 2.30. The zero-order chi connectivity index (χ0) is 11.7. The molecule has 88 valence electrons. The molecule has 2 aromatic rings. The number of pyridine rings is 1. The first-order valence-corrected chi connectivity index (χ1v) is 6.02. The summed E-state index contributed by atoms with van der Waals surface area (Å²) >= 11 is 0. The van der Waals surface area contributed by atoms with Crippen molar-refractivity contribution in [2.75, 3.05) is 6.54 Å². The molecule has 1 aliphatic heterocycles. The lowest BCUT2D eigenvalue weighted by Crippen LogP contribution is -2.14. The molecule has 3 rings (SSSR count). The molecule has 1 N–H and O–H groups in total. The number of nitrogens with zero attached hydrogens (tertiary/aromatic N) is 3. The number of rotatable bonds is 2. The van der Waals surface area contributed by atoms with Crippen LogP contribution in [-0.4, -0.2) is 21.3 Å². The van der Waals surface area contributed by atoms with E-state index in [2.05, 4.69) is 21.6 Å². The summed E-state index contributed by atoms with van der Waals surface area (Å²) in [5.74, 6) is 0. The molecular weight excluding hydrogens is 212 g/mol. The van der Waals surface area contributed by atoms with Crippen LogP contribution >= 0.6 is 0 Å². The summed E-state index contributed by atoms with van der Waals surface area (Å²) < 4.78 is 1.89. The van der Waals surface area contributed by atoms with Crippen molar-refractivity contribution < 1.29 is 0 Å². The van der Waals surface area contributed by atoms with Crippen LogP contribution < -0.4 is 5.32 Å². The van der Waals surface area contributed by atoms with Crippen LogP contribution in [-0.2, 0) is 7.05 Å². The molecule has 4 heteroatoms. The first-order chi connectivity index (χ1) is 8.34. The Morgan fingerprint density at radius 3 is 2.88 bits per heavy atom. The van der Waals surface area contributed by atoms with Crippen LogP contribution in [0.4, 0.5) is 0 Å². The van der Waals surface area contributed by atoms with Crippen LogP contribution in [0.1, 0.15) is 24.6 Å². The summed E-state index contributed by atoms with van der Waals surface area (Å²) in [4.78, 5) is 4.06. The maximum absolute atomic E-state index is 4.60. The molecule has 3 heterocycles. The van der Waals surface area contributed by atoms with E-state index in [4.69, 9.17) is 0 Å². The molecule has 1 atom stereocenters. The topological polar surface area (TPSA) is 42.7 Å². The van der Waals surface area contributed by atoms with E-state index in [0.29, 0.717) is 6.04 Å². The Bertz CT molecular complexity index is 497. The van der Waals surface area contributed by atoms with Gasteiger partial charge in [0.2, 0.25) is 0 Å².